The van der Waals surface area contributed by atoms with Crippen molar-refractivity contribution in [2.24, 2.45) is 5.10 Å². The molecule has 1 aromatic carbocycles. The average molecular weight is 232 g/mol. The predicted molar refractivity (Wildman–Crippen MR) is 63.7 cm³/mol. The number of hydrogen-bond acceptors (Lipinski definition) is 4. The number of fused-ring (bicyclic) bond motifs is 1. The molecule has 88 valence electrons. The molecule has 17 heavy (non-hydrogen) atoms. The minimum Gasteiger partial charge on any atom is -0.482 e. The van der Waals surface area contributed by atoms with Crippen molar-refractivity contribution in [3.05, 3.63) is 30.0 Å². The molecule has 1 heterocycles. The molecule has 2 aromatic rings. The number of H-pyrrole nitrogens is 1. The molecule has 0 saturated carbocycles. The highest BCUT2D eigenvalue weighted by Crippen LogP contribution is 2.14. The first-order chi connectivity index (χ1) is 8.33. The highest BCUT2D eigenvalue weighted by molar-refractivity contribution is 6.04. The van der Waals surface area contributed by atoms with Crippen molar-refractivity contribution in [2.45, 2.75) is 6.92 Å². The van der Waals surface area contributed by atoms with Gasteiger partial charge in [-0.1, -0.05) is 18.2 Å². The molecule has 6 nitrogen and oxygen atoms in total. The predicted octanol–water partition coefficient (Wildman–Crippen LogP) is 1.27. The second kappa shape index (κ2) is 5.11. The van der Waals surface area contributed by atoms with Gasteiger partial charge in [0.15, 0.2) is 12.1 Å². The molecule has 0 bridgehead atoms. The van der Waals surface area contributed by atoms with Gasteiger partial charge in [-0.05, 0) is 13.0 Å². The van der Waals surface area contributed by atoms with Crippen LogP contribution in [0.15, 0.2) is 29.4 Å². The van der Waals surface area contributed by atoms with E-state index in [1.807, 2.05) is 31.2 Å². The third-order valence-corrected chi connectivity index (χ3v) is 2.15. The number of para-hydroxylation sites is 1. The maximum atomic E-state index is 11.7. The van der Waals surface area contributed by atoms with E-state index in [-0.39, 0.29) is 5.91 Å². The first-order valence-corrected chi connectivity index (χ1v) is 5.19. The van der Waals surface area contributed by atoms with Crippen molar-refractivity contribution >= 4 is 23.2 Å². The lowest BCUT2D eigenvalue weighted by Gasteiger charge is -1.96. The Labute approximate surface area is 97.7 Å². The van der Waals surface area contributed by atoms with E-state index in [0.29, 0.717) is 12.3 Å². The smallest absolute Gasteiger partial charge is 0.292 e. The van der Waals surface area contributed by atoms with Crippen LogP contribution in [0, 0.1) is 0 Å². The molecule has 0 aliphatic heterocycles. The second-order valence-corrected chi connectivity index (χ2v) is 3.25. The Bertz CT molecular complexity index is 547. The van der Waals surface area contributed by atoms with Gasteiger partial charge >= 0.3 is 0 Å². The summed E-state index contributed by atoms with van der Waals surface area (Å²) in [5, 5.41) is 11.1. The van der Waals surface area contributed by atoms with Crippen LogP contribution in [-0.2, 0) is 4.74 Å². The molecule has 0 aliphatic rings. The molecule has 0 atom stereocenters. The average Bonchev–Trinajstić information content (AvgIpc) is 2.78. The van der Waals surface area contributed by atoms with Gasteiger partial charge in [0.25, 0.3) is 5.91 Å². The number of carbonyl (C=O) groups excluding carboxylic acids is 1. The summed E-state index contributed by atoms with van der Waals surface area (Å²) in [6, 6.07) is 7.39. The van der Waals surface area contributed by atoms with Crippen LogP contribution in [-0.4, -0.2) is 29.1 Å². The fraction of sp³-hybridized carbons (Fsp3) is 0.182. The monoisotopic (exact) mass is 232 g/mol. The molecule has 6 heteroatoms. The van der Waals surface area contributed by atoms with E-state index in [1.165, 1.54) is 6.40 Å². The summed E-state index contributed by atoms with van der Waals surface area (Å²) in [6.45, 7) is 2.33. The number of hydrazone groups is 1. The van der Waals surface area contributed by atoms with Crippen LogP contribution in [0.5, 0.6) is 0 Å². The Morgan fingerprint density at radius 1 is 1.59 bits per heavy atom. The quantitative estimate of drug-likeness (QED) is 0.473. The Kier molecular flexibility index (Phi) is 3.34. The zero-order chi connectivity index (χ0) is 12.1. The van der Waals surface area contributed by atoms with Gasteiger partial charge in [0, 0.05) is 5.39 Å². The van der Waals surface area contributed by atoms with E-state index >= 15 is 0 Å². The number of aromatic amines is 1. The number of nitrogens with one attached hydrogen (secondary N) is 2. The molecule has 1 aromatic heterocycles. The Hall–Kier alpha value is -2.37. The lowest BCUT2D eigenvalue weighted by Crippen LogP contribution is -2.18. The van der Waals surface area contributed by atoms with Crippen LogP contribution >= 0.6 is 0 Å². The van der Waals surface area contributed by atoms with Crippen LogP contribution in [0.4, 0.5) is 0 Å². The molecule has 2 N–H and O–H groups in total. The van der Waals surface area contributed by atoms with Gasteiger partial charge in [0.2, 0.25) is 0 Å². The van der Waals surface area contributed by atoms with Gasteiger partial charge in [-0.15, -0.1) is 5.10 Å². The third-order valence-electron chi connectivity index (χ3n) is 2.15. The molecule has 0 radical (unpaired) electrons. The van der Waals surface area contributed by atoms with Gasteiger partial charge < -0.3 is 4.74 Å². The van der Waals surface area contributed by atoms with Crippen molar-refractivity contribution in [3.63, 3.8) is 0 Å². The van der Waals surface area contributed by atoms with Gasteiger partial charge in [-0.3, -0.25) is 9.89 Å². The standard InChI is InChI=1S/C11H12N4O2/c1-2-17-7-12-15-11(16)10-8-5-3-4-6-9(8)13-14-10/h3-7H,2H2,1H3,(H,13,14)(H,15,16). The summed E-state index contributed by atoms with van der Waals surface area (Å²) in [4.78, 5) is 11.7. The molecule has 0 unspecified atom stereocenters. The van der Waals surface area contributed by atoms with Crippen molar-refractivity contribution < 1.29 is 9.53 Å². The maximum Gasteiger partial charge on any atom is 0.292 e. The molecular formula is C11H12N4O2. The van der Waals surface area contributed by atoms with Gasteiger partial charge in [-0.25, -0.2) is 5.43 Å². The number of rotatable bonds is 4. The molecule has 0 spiro atoms. The summed E-state index contributed by atoms with van der Waals surface area (Å²) >= 11 is 0. The fourth-order valence-electron chi connectivity index (χ4n) is 1.39. The summed E-state index contributed by atoms with van der Waals surface area (Å²) in [6.07, 6.45) is 1.19. The van der Waals surface area contributed by atoms with E-state index < -0.39 is 0 Å². The SMILES string of the molecule is CCOC=NNC(=O)c1n[nH]c2ccccc12. The highest BCUT2D eigenvalue weighted by atomic mass is 16.5. The van der Waals surface area contributed by atoms with Crippen LogP contribution in [0.25, 0.3) is 10.9 Å². The largest absolute Gasteiger partial charge is 0.482 e. The first-order valence-electron chi connectivity index (χ1n) is 5.19. The Morgan fingerprint density at radius 2 is 2.41 bits per heavy atom. The van der Waals surface area contributed by atoms with E-state index in [2.05, 4.69) is 20.7 Å². The van der Waals surface area contributed by atoms with Crippen LogP contribution in [0.3, 0.4) is 0 Å². The molecular weight excluding hydrogens is 220 g/mol. The Morgan fingerprint density at radius 3 is 3.24 bits per heavy atom. The maximum absolute atomic E-state index is 11.7. The van der Waals surface area contributed by atoms with E-state index in [0.717, 1.165) is 10.9 Å². The molecule has 0 aliphatic carbocycles. The zero-order valence-electron chi connectivity index (χ0n) is 9.30. The number of nitrogens with zero attached hydrogens (tertiary/aromatic N) is 2. The van der Waals surface area contributed by atoms with Gasteiger partial charge in [0.05, 0.1) is 12.1 Å². The van der Waals surface area contributed by atoms with E-state index in [4.69, 9.17) is 4.74 Å². The fourth-order valence-corrected chi connectivity index (χ4v) is 1.39. The zero-order valence-corrected chi connectivity index (χ0v) is 9.30. The molecule has 0 saturated heterocycles. The van der Waals surface area contributed by atoms with Crippen LogP contribution in [0.1, 0.15) is 17.4 Å². The van der Waals surface area contributed by atoms with E-state index in [1.54, 1.807) is 0 Å². The third kappa shape index (κ3) is 2.41. The minimum atomic E-state index is -0.376. The number of benzene rings is 1. The number of hydrogen-bond donors (Lipinski definition) is 2. The highest BCUT2D eigenvalue weighted by Gasteiger charge is 2.12. The minimum absolute atomic E-state index is 0.314. The van der Waals surface area contributed by atoms with Crippen LogP contribution in [0.2, 0.25) is 0 Å². The summed E-state index contributed by atoms with van der Waals surface area (Å²) < 4.78 is 4.85. The molecule has 1 amide bonds. The molecule has 0 fully saturated rings. The van der Waals surface area contributed by atoms with Gasteiger partial charge in [-0.2, -0.15) is 5.10 Å². The van der Waals surface area contributed by atoms with Crippen molar-refractivity contribution in [1.82, 2.24) is 15.6 Å². The van der Waals surface area contributed by atoms with Gasteiger partial charge in [0.1, 0.15) is 0 Å². The summed E-state index contributed by atoms with van der Waals surface area (Å²) in [5.74, 6) is -0.376. The topological polar surface area (TPSA) is 79.4 Å². The number of amides is 1. The van der Waals surface area contributed by atoms with Crippen molar-refractivity contribution in [3.8, 4) is 0 Å². The number of carbonyl (C=O) groups is 1. The molecule has 2 rings (SSSR count). The lowest BCUT2D eigenvalue weighted by atomic mass is 10.2. The van der Waals surface area contributed by atoms with E-state index in [9.17, 15) is 4.79 Å². The normalized spacial score (nSPS) is 10.9. The first kappa shape index (κ1) is 11.1. The number of aromatic nitrogens is 2. The summed E-state index contributed by atoms with van der Waals surface area (Å²) in [7, 11) is 0. The van der Waals surface area contributed by atoms with Crippen LogP contribution < -0.4 is 5.43 Å². The second-order valence-electron chi connectivity index (χ2n) is 3.25. The Balaban J connectivity index is 2.14. The van der Waals surface area contributed by atoms with Crippen molar-refractivity contribution in [1.29, 1.82) is 0 Å². The van der Waals surface area contributed by atoms with Crippen molar-refractivity contribution in [2.75, 3.05) is 6.61 Å². The number of ether oxygens (including phenoxy) is 1. The summed E-state index contributed by atoms with van der Waals surface area (Å²) in [5.41, 5.74) is 3.46. The lowest BCUT2D eigenvalue weighted by molar-refractivity contribution is 0.0950.